The monoisotopic (exact) mass is 486 g/mol. The summed E-state index contributed by atoms with van der Waals surface area (Å²) in [6.45, 7) is 0. The normalized spacial score (nSPS) is 16.3. The van der Waals surface area contributed by atoms with Gasteiger partial charge in [0.2, 0.25) is 0 Å². The zero-order valence-corrected chi connectivity index (χ0v) is 20.9. The molecule has 0 bridgehead atoms. The molecule has 0 amide bonds. The lowest BCUT2D eigenvalue weighted by Crippen LogP contribution is -2.27. The van der Waals surface area contributed by atoms with Crippen LogP contribution >= 0.6 is 0 Å². The lowest BCUT2D eigenvalue weighted by atomic mass is 9.89. The molecule has 2 heterocycles. The van der Waals surface area contributed by atoms with Gasteiger partial charge >= 0.3 is 0 Å². The summed E-state index contributed by atoms with van der Waals surface area (Å²) in [5.41, 5.74) is 12.7. The molecule has 180 valence electrons. The first kappa shape index (κ1) is 21.3. The average Bonchev–Trinajstić information content (AvgIpc) is 3.53. The summed E-state index contributed by atoms with van der Waals surface area (Å²) >= 11 is 0. The fraction of sp³-hybridized carbons (Fsp3) is 0.0556. The van der Waals surface area contributed by atoms with Gasteiger partial charge < -0.3 is 9.88 Å². The van der Waals surface area contributed by atoms with Crippen molar-refractivity contribution in [3.05, 3.63) is 145 Å². The third-order valence-corrected chi connectivity index (χ3v) is 8.11. The maximum absolute atomic E-state index is 3.55. The second kappa shape index (κ2) is 8.36. The van der Waals surface area contributed by atoms with Crippen molar-refractivity contribution in [2.75, 3.05) is 4.90 Å². The predicted octanol–water partition coefficient (Wildman–Crippen LogP) is 9.38. The average molecular weight is 487 g/mol. The van der Waals surface area contributed by atoms with Gasteiger partial charge in [-0.1, -0.05) is 91.0 Å². The molecule has 2 aliphatic rings. The van der Waals surface area contributed by atoms with Crippen molar-refractivity contribution < 1.29 is 0 Å². The molecule has 2 heteroatoms. The highest BCUT2D eigenvalue weighted by Crippen LogP contribution is 2.49. The predicted molar refractivity (Wildman–Crippen MR) is 161 cm³/mol. The topological polar surface area (TPSA) is 19.0 Å². The molecule has 38 heavy (non-hydrogen) atoms. The third-order valence-electron chi connectivity index (χ3n) is 8.11. The Hall–Kier alpha value is -4.82. The lowest BCUT2D eigenvalue weighted by molar-refractivity contribution is 0.831. The number of hydrogen-bond donors (Lipinski definition) is 1. The van der Waals surface area contributed by atoms with E-state index in [0.717, 1.165) is 6.42 Å². The molecule has 1 aliphatic carbocycles. The van der Waals surface area contributed by atoms with Gasteiger partial charge in [0.25, 0.3) is 0 Å². The first-order valence-corrected chi connectivity index (χ1v) is 13.3. The molecule has 1 unspecified atom stereocenters. The van der Waals surface area contributed by atoms with Crippen LogP contribution in [-0.4, -0.2) is 11.0 Å². The van der Waals surface area contributed by atoms with E-state index in [-0.39, 0.29) is 0 Å². The summed E-state index contributed by atoms with van der Waals surface area (Å²) in [6.07, 6.45) is 5.81. The van der Waals surface area contributed by atoms with Crippen molar-refractivity contribution in [3.8, 4) is 11.1 Å². The van der Waals surface area contributed by atoms with E-state index >= 15 is 0 Å². The van der Waals surface area contributed by atoms with Crippen LogP contribution in [0.2, 0.25) is 0 Å². The van der Waals surface area contributed by atoms with Crippen molar-refractivity contribution >= 4 is 44.3 Å². The van der Waals surface area contributed by atoms with Gasteiger partial charge in [-0.15, -0.1) is 0 Å². The highest BCUT2D eigenvalue weighted by molar-refractivity contribution is 6.08. The molecule has 8 rings (SSSR count). The zero-order valence-electron chi connectivity index (χ0n) is 20.9. The Morgan fingerprint density at radius 3 is 2.21 bits per heavy atom. The largest absolute Gasteiger partial charge is 0.355 e. The number of allylic oxidation sites excluding steroid dienone is 2. The van der Waals surface area contributed by atoms with Gasteiger partial charge in [0.1, 0.15) is 0 Å². The van der Waals surface area contributed by atoms with Crippen LogP contribution in [0.15, 0.2) is 133 Å². The second-order valence-corrected chi connectivity index (χ2v) is 10.2. The number of rotatable bonds is 3. The molecule has 0 saturated heterocycles. The molecule has 0 radical (unpaired) electrons. The second-order valence-electron chi connectivity index (χ2n) is 10.2. The summed E-state index contributed by atoms with van der Waals surface area (Å²) < 4.78 is 0. The maximum atomic E-state index is 3.55. The summed E-state index contributed by atoms with van der Waals surface area (Å²) in [4.78, 5) is 6.07. The van der Waals surface area contributed by atoms with Crippen molar-refractivity contribution in [2.45, 2.75) is 12.5 Å². The molecule has 1 atom stereocenters. The van der Waals surface area contributed by atoms with Crippen LogP contribution in [0.4, 0.5) is 11.4 Å². The molecule has 6 aromatic rings. The van der Waals surface area contributed by atoms with Crippen molar-refractivity contribution in [3.63, 3.8) is 0 Å². The number of hydrogen-bond acceptors (Lipinski definition) is 1. The van der Waals surface area contributed by atoms with Crippen LogP contribution in [0.5, 0.6) is 0 Å². The SMILES string of the molecule is C1=C(c2ccc3[nH]c4ccccc4c3c2)C=C2c3ccccc3N(c3ccc(-c4ccccc4)cc3)C2C1. The number of anilines is 2. The Labute approximate surface area is 222 Å². The van der Waals surface area contributed by atoms with Gasteiger partial charge in [-0.25, -0.2) is 0 Å². The number of fused-ring (bicyclic) bond motifs is 6. The molecule has 0 spiro atoms. The molecular weight excluding hydrogens is 460 g/mol. The fourth-order valence-corrected chi connectivity index (χ4v) is 6.28. The van der Waals surface area contributed by atoms with Crippen LogP contribution in [-0.2, 0) is 0 Å². The number of H-pyrrole nitrogens is 1. The third kappa shape index (κ3) is 3.27. The smallest absolute Gasteiger partial charge is 0.0633 e. The van der Waals surface area contributed by atoms with E-state index in [1.807, 2.05) is 0 Å². The number of para-hydroxylation sites is 2. The molecule has 1 aromatic heterocycles. The zero-order chi connectivity index (χ0) is 25.1. The van der Waals surface area contributed by atoms with Crippen LogP contribution < -0.4 is 4.90 Å². The summed E-state index contributed by atoms with van der Waals surface area (Å²) in [7, 11) is 0. The highest BCUT2D eigenvalue weighted by Gasteiger charge is 2.35. The minimum Gasteiger partial charge on any atom is -0.355 e. The summed E-state index contributed by atoms with van der Waals surface area (Å²) in [5, 5.41) is 2.56. The fourth-order valence-electron chi connectivity index (χ4n) is 6.28. The number of aromatic amines is 1. The number of nitrogens with zero attached hydrogens (tertiary/aromatic N) is 1. The Morgan fingerprint density at radius 1 is 0.605 bits per heavy atom. The number of nitrogens with one attached hydrogen (secondary N) is 1. The van der Waals surface area contributed by atoms with Gasteiger partial charge in [-0.2, -0.15) is 0 Å². The minimum absolute atomic E-state index is 0.301. The quantitative estimate of drug-likeness (QED) is 0.264. The molecule has 0 fully saturated rings. The van der Waals surface area contributed by atoms with E-state index in [9.17, 15) is 0 Å². The minimum atomic E-state index is 0.301. The highest BCUT2D eigenvalue weighted by atomic mass is 15.2. The molecule has 0 saturated carbocycles. The number of aromatic nitrogens is 1. The first-order chi connectivity index (χ1) is 18.8. The molecule has 1 aliphatic heterocycles. The lowest BCUT2D eigenvalue weighted by Gasteiger charge is -2.29. The van der Waals surface area contributed by atoms with E-state index < -0.39 is 0 Å². The van der Waals surface area contributed by atoms with E-state index in [1.54, 1.807) is 0 Å². The van der Waals surface area contributed by atoms with Crippen LogP contribution in [0, 0.1) is 0 Å². The van der Waals surface area contributed by atoms with E-state index in [1.165, 1.54) is 66.6 Å². The summed E-state index contributed by atoms with van der Waals surface area (Å²) in [5.74, 6) is 0. The van der Waals surface area contributed by atoms with Crippen LogP contribution in [0.3, 0.4) is 0 Å². The van der Waals surface area contributed by atoms with Crippen molar-refractivity contribution in [1.29, 1.82) is 0 Å². The maximum Gasteiger partial charge on any atom is 0.0633 e. The van der Waals surface area contributed by atoms with Crippen molar-refractivity contribution in [1.82, 2.24) is 4.98 Å². The Balaban J connectivity index is 1.18. The Morgan fingerprint density at radius 2 is 1.32 bits per heavy atom. The van der Waals surface area contributed by atoms with E-state index in [4.69, 9.17) is 0 Å². The van der Waals surface area contributed by atoms with Gasteiger partial charge in [-0.05, 0) is 76.7 Å². The van der Waals surface area contributed by atoms with Crippen LogP contribution in [0.1, 0.15) is 17.5 Å². The van der Waals surface area contributed by atoms with E-state index in [2.05, 4.69) is 143 Å². The van der Waals surface area contributed by atoms with Gasteiger partial charge in [0, 0.05) is 38.7 Å². The molecule has 1 N–H and O–H groups in total. The van der Waals surface area contributed by atoms with Gasteiger partial charge in [-0.3, -0.25) is 0 Å². The molecule has 5 aromatic carbocycles. The Bertz CT molecular complexity index is 1890. The van der Waals surface area contributed by atoms with Gasteiger partial charge in [0.15, 0.2) is 0 Å². The van der Waals surface area contributed by atoms with Crippen LogP contribution in [0.25, 0.3) is 44.1 Å². The standard InChI is InChI=1S/C36H26N2/c1-2-8-24(9-3-1)25-14-18-28(19-15-25)38-35-13-7-5-11-30(35)32-23-27(17-21-36(32)38)26-16-20-34-31(22-26)29-10-4-6-12-33(29)37-34/h1-20,22-23,36-37H,21H2. The van der Waals surface area contributed by atoms with E-state index in [0.29, 0.717) is 6.04 Å². The Kier molecular flexibility index (Phi) is 4.68. The van der Waals surface area contributed by atoms with Gasteiger partial charge in [0.05, 0.1) is 6.04 Å². The first-order valence-electron chi connectivity index (χ1n) is 13.3. The summed E-state index contributed by atoms with van der Waals surface area (Å²) in [6, 6.07) is 44.2. The molecule has 2 nitrogen and oxygen atoms in total. The van der Waals surface area contributed by atoms with Crippen molar-refractivity contribution in [2.24, 2.45) is 0 Å². The number of benzene rings is 5. The molecular formula is C36H26N2.